The van der Waals surface area contributed by atoms with E-state index in [1.807, 2.05) is 0 Å². The number of amides is 2. The van der Waals surface area contributed by atoms with Crippen molar-refractivity contribution in [3.63, 3.8) is 0 Å². The topological polar surface area (TPSA) is 128 Å². The van der Waals surface area contributed by atoms with Gasteiger partial charge in [0.15, 0.2) is 17.5 Å². The normalized spacial score (nSPS) is 17.8. The number of nitrogens with one attached hydrogen (secondary N) is 4. The molecule has 2 saturated carbocycles. The number of halogens is 2. The maximum absolute atomic E-state index is 14.7. The molecule has 5 N–H and O–H groups in total. The summed E-state index contributed by atoms with van der Waals surface area (Å²) in [4.78, 5) is 31.1. The maximum Gasteiger partial charge on any atom is 0.404 e. The van der Waals surface area contributed by atoms with Crippen molar-refractivity contribution in [2.45, 2.75) is 64.1 Å². The lowest BCUT2D eigenvalue weighted by molar-refractivity contribution is -0.124. The summed E-state index contributed by atoms with van der Waals surface area (Å²) in [5.74, 6) is -2.20. The first-order valence-corrected chi connectivity index (χ1v) is 10.4. The summed E-state index contributed by atoms with van der Waals surface area (Å²) in [6.07, 6.45) is 6.31. The van der Waals surface area contributed by atoms with E-state index in [-0.39, 0.29) is 30.0 Å². The summed E-state index contributed by atoms with van der Waals surface area (Å²) in [6.45, 7) is -1.02. The molecule has 2 aliphatic rings. The first kappa shape index (κ1) is 22.0. The second-order valence-electron chi connectivity index (χ2n) is 7.94. The SMILES string of the molecule is O=C(O)NC[C@@H](CC1CCCC1)C(=O)NNc1nc(CF)nc(NC2CCC2)c1F. The predicted molar refractivity (Wildman–Crippen MR) is 106 cm³/mol. The Kier molecular flexibility index (Phi) is 7.58. The maximum atomic E-state index is 14.7. The van der Waals surface area contributed by atoms with Crippen LogP contribution in [-0.2, 0) is 11.5 Å². The van der Waals surface area contributed by atoms with E-state index in [1.54, 1.807) is 0 Å². The molecule has 0 aliphatic heterocycles. The molecule has 11 heteroatoms. The van der Waals surface area contributed by atoms with E-state index in [9.17, 15) is 18.4 Å². The molecule has 1 atom stereocenters. The van der Waals surface area contributed by atoms with Gasteiger partial charge in [-0.05, 0) is 31.6 Å². The summed E-state index contributed by atoms with van der Waals surface area (Å²) in [7, 11) is 0. The second-order valence-corrected chi connectivity index (χ2v) is 7.94. The van der Waals surface area contributed by atoms with E-state index in [4.69, 9.17) is 5.11 Å². The van der Waals surface area contributed by atoms with E-state index >= 15 is 0 Å². The van der Waals surface area contributed by atoms with E-state index in [2.05, 4.69) is 31.5 Å². The third kappa shape index (κ3) is 5.90. The van der Waals surface area contributed by atoms with Crippen molar-refractivity contribution in [3.05, 3.63) is 11.6 Å². The van der Waals surface area contributed by atoms with Gasteiger partial charge in [0.05, 0.1) is 5.92 Å². The van der Waals surface area contributed by atoms with Gasteiger partial charge in [0.2, 0.25) is 11.7 Å². The molecule has 1 heterocycles. The Hall–Kier alpha value is -2.72. The molecule has 1 aromatic heterocycles. The number of nitrogens with zero attached hydrogens (tertiary/aromatic N) is 2. The third-order valence-electron chi connectivity index (χ3n) is 5.73. The van der Waals surface area contributed by atoms with Crippen molar-refractivity contribution >= 4 is 23.6 Å². The first-order valence-electron chi connectivity index (χ1n) is 10.4. The van der Waals surface area contributed by atoms with Gasteiger partial charge >= 0.3 is 6.09 Å². The number of anilines is 2. The highest BCUT2D eigenvalue weighted by Crippen LogP contribution is 2.30. The monoisotopic (exact) mass is 426 g/mol. The van der Waals surface area contributed by atoms with Crippen LogP contribution in [0.2, 0.25) is 0 Å². The Bertz CT molecular complexity index is 756. The fourth-order valence-electron chi connectivity index (χ4n) is 3.84. The molecule has 1 aromatic rings. The van der Waals surface area contributed by atoms with Gasteiger partial charge in [-0.15, -0.1) is 0 Å². The number of rotatable bonds is 10. The molecule has 30 heavy (non-hydrogen) atoms. The van der Waals surface area contributed by atoms with Gasteiger partial charge in [0.25, 0.3) is 0 Å². The van der Waals surface area contributed by atoms with Crippen LogP contribution < -0.4 is 21.5 Å². The van der Waals surface area contributed by atoms with Crippen molar-refractivity contribution < 1.29 is 23.5 Å². The van der Waals surface area contributed by atoms with Crippen LogP contribution in [0.25, 0.3) is 0 Å². The number of carbonyl (C=O) groups excluding carboxylic acids is 1. The average Bonchev–Trinajstić information content (AvgIpc) is 3.20. The van der Waals surface area contributed by atoms with Gasteiger partial charge in [0.1, 0.15) is 6.67 Å². The smallest absolute Gasteiger partial charge is 0.404 e. The van der Waals surface area contributed by atoms with E-state index < -0.39 is 30.4 Å². The molecule has 2 amide bonds. The Labute approximate surface area is 173 Å². The highest BCUT2D eigenvalue weighted by Gasteiger charge is 2.27. The number of hydrogen-bond donors (Lipinski definition) is 5. The molecule has 9 nitrogen and oxygen atoms in total. The van der Waals surface area contributed by atoms with Gasteiger partial charge in [0, 0.05) is 12.6 Å². The van der Waals surface area contributed by atoms with Crippen LogP contribution in [0.15, 0.2) is 0 Å². The molecule has 0 spiro atoms. The zero-order chi connectivity index (χ0) is 21.5. The molecule has 0 unspecified atom stereocenters. The Balaban J connectivity index is 1.65. The van der Waals surface area contributed by atoms with Gasteiger partial charge in [-0.25, -0.2) is 19.2 Å². The number of aromatic nitrogens is 2. The lowest BCUT2D eigenvalue weighted by Gasteiger charge is -2.27. The summed E-state index contributed by atoms with van der Waals surface area (Å²) in [6, 6.07) is 0.0854. The van der Waals surface area contributed by atoms with Crippen molar-refractivity contribution in [2.24, 2.45) is 11.8 Å². The fourth-order valence-corrected chi connectivity index (χ4v) is 3.84. The van der Waals surface area contributed by atoms with Crippen LogP contribution in [0, 0.1) is 17.7 Å². The number of alkyl halides is 1. The molecule has 0 radical (unpaired) electrons. The van der Waals surface area contributed by atoms with Gasteiger partial charge in [-0.1, -0.05) is 25.7 Å². The standard InChI is InChI=1S/C19H28F2N6O3/c20-9-14-24-16(23-13-6-3-7-13)15(21)17(25-14)26-27-18(28)12(10-22-19(29)30)8-11-4-1-2-5-11/h11-13,22H,1-10H2,(H,27,28)(H,29,30)(H2,23,24,25,26)/t12-/m1/s1. The van der Waals surface area contributed by atoms with Crippen LogP contribution in [0.5, 0.6) is 0 Å². The summed E-state index contributed by atoms with van der Waals surface area (Å²) in [5.41, 5.74) is 4.82. The number of hydrogen-bond acceptors (Lipinski definition) is 6. The van der Waals surface area contributed by atoms with Gasteiger partial charge in [-0.3, -0.25) is 15.6 Å². The predicted octanol–water partition coefficient (Wildman–Crippen LogP) is 2.96. The highest BCUT2D eigenvalue weighted by molar-refractivity contribution is 5.80. The highest BCUT2D eigenvalue weighted by atomic mass is 19.1. The van der Waals surface area contributed by atoms with Crippen molar-refractivity contribution in [2.75, 3.05) is 17.3 Å². The zero-order valence-corrected chi connectivity index (χ0v) is 16.7. The number of carbonyl (C=O) groups is 2. The van der Waals surface area contributed by atoms with Crippen molar-refractivity contribution in [1.29, 1.82) is 0 Å². The Morgan fingerprint density at radius 2 is 1.80 bits per heavy atom. The Morgan fingerprint density at radius 1 is 1.10 bits per heavy atom. The summed E-state index contributed by atoms with van der Waals surface area (Å²) < 4.78 is 27.9. The van der Waals surface area contributed by atoms with Crippen LogP contribution in [-0.4, -0.2) is 39.7 Å². The van der Waals surface area contributed by atoms with Crippen molar-refractivity contribution in [1.82, 2.24) is 20.7 Å². The minimum absolute atomic E-state index is 0.0458. The molecule has 0 saturated heterocycles. The lowest BCUT2D eigenvalue weighted by atomic mass is 9.92. The van der Waals surface area contributed by atoms with Crippen molar-refractivity contribution in [3.8, 4) is 0 Å². The molecular weight excluding hydrogens is 398 g/mol. The molecule has 2 fully saturated rings. The molecule has 0 aromatic carbocycles. The van der Waals surface area contributed by atoms with E-state index in [0.29, 0.717) is 12.3 Å². The third-order valence-corrected chi connectivity index (χ3v) is 5.73. The van der Waals surface area contributed by atoms with Crippen LogP contribution in [0.4, 0.5) is 25.2 Å². The van der Waals surface area contributed by atoms with Gasteiger partial charge < -0.3 is 15.7 Å². The van der Waals surface area contributed by atoms with Crippen LogP contribution in [0.1, 0.15) is 57.2 Å². The molecule has 166 valence electrons. The van der Waals surface area contributed by atoms with Crippen LogP contribution >= 0.6 is 0 Å². The zero-order valence-electron chi connectivity index (χ0n) is 16.7. The molecular formula is C19H28F2N6O3. The minimum atomic E-state index is -1.21. The number of hydrazine groups is 1. The quantitative estimate of drug-likeness (QED) is 0.364. The fraction of sp³-hybridized carbons (Fsp3) is 0.684. The van der Waals surface area contributed by atoms with E-state index in [1.165, 1.54) is 0 Å². The van der Waals surface area contributed by atoms with Crippen LogP contribution in [0.3, 0.4) is 0 Å². The molecule has 3 rings (SSSR count). The van der Waals surface area contributed by atoms with E-state index in [0.717, 1.165) is 44.9 Å². The summed E-state index contributed by atoms with van der Waals surface area (Å²) >= 11 is 0. The van der Waals surface area contributed by atoms with Gasteiger partial charge in [-0.2, -0.15) is 4.39 Å². The second kappa shape index (κ2) is 10.4. The molecule has 0 bridgehead atoms. The largest absolute Gasteiger partial charge is 0.465 e. The number of carboxylic acid groups (broad SMARTS) is 1. The minimum Gasteiger partial charge on any atom is -0.465 e. The average molecular weight is 426 g/mol. The molecule has 2 aliphatic carbocycles. The first-order chi connectivity index (χ1) is 14.5. The Morgan fingerprint density at radius 3 is 2.40 bits per heavy atom. The lowest BCUT2D eigenvalue weighted by Crippen LogP contribution is -2.42. The summed E-state index contributed by atoms with van der Waals surface area (Å²) in [5, 5.41) is 14.0.